The molecule has 0 spiro atoms. The van der Waals surface area contributed by atoms with Crippen LogP contribution in [0.5, 0.6) is 0 Å². The molecule has 2 heterocycles. The maximum Gasteiger partial charge on any atom is 0.341 e. The Balaban J connectivity index is 1.47. The quantitative estimate of drug-likeness (QED) is 0.464. The summed E-state index contributed by atoms with van der Waals surface area (Å²) in [5.41, 5.74) is 3.10. The van der Waals surface area contributed by atoms with E-state index in [0.29, 0.717) is 16.8 Å². The molecule has 0 bridgehead atoms. The number of hydrogen-bond acceptors (Lipinski definition) is 8. The second kappa shape index (κ2) is 10.0. The van der Waals surface area contributed by atoms with E-state index >= 15 is 0 Å². The number of carbonyl (C=O) groups excluding carboxylic acids is 3. The monoisotopic (exact) mass is 535 g/mol. The zero-order valence-electron chi connectivity index (χ0n) is 19.5. The number of anilines is 1. The third-order valence-electron chi connectivity index (χ3n) is 5.53. The lowest BCUT2D eigenvalue weighted by Gasteiger charge is -2.08. The minimum atomic E-state index is -4.08. The Hall–Kier alpha value is -2.83. The Labute approximate surface area is 210 Å². The molecule has 0 saturated heterocycles. The number of benzene rings is 1. The Morgan fingerprint density at radius 1 is 1.17 bits per heavy atom. The van der Waals surface area contributed by atoms with Crippen molar-refractivity contribution in [3.05, 3.63) is 44.6 Å². The van der Waals surface area contributed by atoms with Gasteiger partial charge in [-0.1, -0.05) is 17.4 Å². The van der Waals surface area contributed by atoms with Gasteiger partial charge in [0.2, 0.25) is 5.91 Å². The Morgan fingerprint density at radius 2 is 1.94 bits per heavy atom. The average molecular weight is 536 g/mol. The molecule has 3 aromatic rings. The number of nitrogens with zero attached hydrogens (tertiary/aromatic N) is 2. The van der Waals surface area contributed by atoms with Gasteiger partial charge in [-0.2, -0.15) is 4.99 Å². The third kappa shape index (κ3) is 5.54. The van der Waals surface area contributed by atoms with Gasteiger partial charge < -0.3 is 14.6 Å². The number of nitrogens with one attached hydrogen (secondary N) is 1. The third-order valence-corrected chi connectivity index (χ3v) is 9.22. The van der Waals surface area contributed by atoms with Crippen molar-refractivity contribution in [2.75, 3.05) is 23.4 Å². The van der Waals surface area contributed by atoms with Crippen molar-refractivity contribution in [3.63, 3.8) is 0 Å². The van der Waals surface area contributed by atoms with Gasteiger partial charge in [0.1, 0.15) is 16.5 Å². The fourth-order valence-corrected chi connectivity index (χ4v) is 7.44. The van der Waals surface area contributed by atoms with Crippen molar-refractivity contribution >= 4 is 65.5 Å². The van der Waals surface area contributed by atoms with E-state index in [1.807, 2.05) is 25.1 Å². The Morgan fingerprint density at radius 3 is 2.69 bits per heavy atom. The van der Waals surface area contributed by atoms with Crippen LogP contribution in [0.3, 0.4) is 0 Å². The van der Waals surface area contributed by atoms with E-state index in [0.717, 1.165) is 39.1 Å². The largest absolute Gasteiger partial charge is 0.462 e. The number of esters is 1. The number of sulfone groups is 1. The second-order valence-electron chi connectivity index (χ2n) is 8.28. The molecular weight excluding hydrogens is 510 g/mol. The van der Waals surface area contributed by atoms with Gasteiger partial charge in [0.15, 0.2) is 14.6 Å². The van der Waals surface area contributed by atoms with Crippen molar-refractivity contribution in [1.82, 2.24) is 4.57 Å². The van der Waals surface area contributed by atoms with Gasteiger partial charge in [0.25, 0.3) is 5.91 Å². The summed E-state index contributed by atoms with van der Waals surface area (Å²) < 4.78 is 32.9. The highest BCUT2D eigenvalue weighted by molar-refractivity contribution is 7.92. The van der Waals surface area contributed by atoms with Gasteiger partial charge >= 0.3 is 5.97 Å². The summed E-state index contributed by atoms with van der Waals surface area (Å²) >= 11 is 2.55. The SMILES string of the molecule is CCOC(=O)c1c(NC(=O)CS(=O)(=O)CC(=O)N=c2sc3cc(C)ccc3n2C)sc2c1CCC2. The van der Waals surface area contributed by atoms with Crippen LogP contribution >= 0.6 is 22.7 Å². The molecule has 0 aliphatic heterocycles. The van der Waals surface area contributed by atoms with Crippen LogP contribution in [0.1, 0.15) is 39.7 Å². The normalized spacial score (nSPS) is 13.7. The maximum absolute atomic E-state index is 12.6. The molecule has 0 fully saturated rings. The summed E-state index contributed by atoms with van der Waals surface area (Å²) in [4.78, 5) is 42.8. The number of aromatic nitrogens is 1. The standard InChI is InChI=1S/C23H25N3O6S3/c1-4-32-22(29)20-14-6-5-7-16(14)33-21(20)24-18(27)11-35(30,31)12-19(28)25-23-26(3)15-9-8-13(2)10-17(15)34-23/h8-10H,4-7,11-12H2,1-3H3,(H,24,27). The number of ether oxygens (including phenoxy) is 1. The zero-order valence-corrected chi connectivity index (χ0v) is 22.0. The summed E-state index contributed by atoms with van der Waals surface area (Å²) in [5, 5.41) is 2.83. The Bertz CT molecular complexity index is 1510. The predicted molar refractivity (Wildman–Crippen MR) is 136 cm³/mol. The summed E-state index contributed by atoms with van der Waals surface area (Å²) in [6.07, 6.45) is 2.42. The van der Waals surface area contributed by atoms with Crippen LogP contribution in [0.4, 0.5) is 5.00 Å². The number of thiazole rings is 1. The molecule has 0 atom stereocenters. The van der Waals surface area contributed by atoms with Gasteiger partial charge in [-0.3, -0.25) is 9.59 Å². The molecule has 1 aliphatic carbocycles. The van der Waals surface area contributed by atoms with Gasteiger partial charge in [-0.05, 0) is 56.4 Å². The lowest BCUT2D eigenvalue weighted by Crippen LogP contribution is -2.28. The molecule has 0 radical (unpaired) electrons. The van der Waals surface area contributed by atoms with Gasteiger partial charge in [-0.15, -0.1) is 11.3 Å². The molecule has 1 aliphatic rings. The molecule has 2 amide bonds. The fraction of sp³-hybridized carbons (Fsp3) is 0.391. The highest BCUT2D eigenvalue weighted by Gasteiger charge is 2.29. The van der Waals surface area contributed by atoms with Crippen LogP contribution in [-0.2, 0) is 44.1 Å². The molecule has 2 aromatic heterocycles. The van der Waals surface area contributed by atoms with Crippen LogP contribution in [0.2, 0.25) is 0 Å². The van der Waals surface area contributed by atoms with E-state index in [9.17, 15) is 22.8 Å². The number of rotatable bonds is 7. The summed E-state index contributed by atoms with van der Waals surface area (Å²) in [6.45, 7) is 3.84. The maximum atomic E-state index is 12.6. The number of hydrogen-bond donors (Lipinski definition) is 1. The molecule has 1 N–H and O–H groups in total. The van der Waals surface area contributed by atoms with Crippen molar-refractivity contribution in [2.45, 2.75) is 33.1 Å². The lowest BCUT2D eigenvalue weighted by molar-refractivity contribution is -0.115. The molecule has 4 rings (SSSR count). The van der Waals surface area contributed by atoms with Crippen molar-refractivity contribution in [3.8, 4) is 0 Å². The zero-order chi connectivity index (χ0) is 25.3. The fourth-order valence-electron chi connectivity index (χ4n) is 4.00. The molecule has 0 saturated carbocycles. The summed E-state index contributed by atoms with van der Waals surface area (Å²) in [7, 11) is -2.33. The average Bonchev–Trinajstić information content (AvgIpc) is 3.40. The second-order valence-corrected chi connectivity index (χ2v) is 12.5. The smallest absolute Gasteiger partial charge is 0.341 e. The predicted octanol–water partition coefficient (Wildman–Crippen LogP) is 2.76. The number of thiophene rings is 1. The number of carbonyl (C=O) groups is 3. The van der Waals surface area contributed by atoms with E-state index in [2.05, 4.69) is 10.3 Å². The molecular formula is C23H25N3O6S3. The van der Waals surface area contributed by atoms with E-state index < -0.39 is 39.1 Å². The highest BCUT2D eigenvalue weighted by Crippen LogP contribution is 2.39. The summed E-state index contributed by atoms with van der Waals surface area (Å²) in [6, 6.07) is 5.83. The first-order valence-electron chi connectivity index (χ1n) is 11.0. The molecule has 35 heavy (non-hydrogen) atoms. The first-order valence-corrected chi connectivity index (χ1v) is 14.5. The van der Waals surface area contributed by atoms with Crippen molar-refractivity contribution in [1.29, 1.82) is 0 Å². The van der Waals surface area contributed by atoms with Crippen LogP contribution in [0, 0.1) is 6.92 Å². The van der Waals surface area contributed by atoms with E-state index in [1.165, 1.54) is 22.7 Å². The first-order chi connectivity index (χ1) is 16.6. The minimum Gasteiger partial charge on any atom is -0.462 e. The molecule has 0 unspecified atom stereocenters. The first kappa shape index (κ1) is 25.3. The number of fused-ring (bicyclic) bond motifs is 2. The Kier molecular flexibility index (Phi) is 7.25. The van der Waals surface area contributed by atoms with Gasteiger partial charge in [0.05, 0.1) is 22.4 Å². The number of aryl methyl sites for hydroxylation is 3. The van der Waals surface area contributed by atoms with E-state index in [-0.39, 0.29) is 11.6 Å². The van der Waals surface area contributed by atoms with Crippen molar-refractivity contribution in [2.24, 2.45) is 12.0 Å². The minimum absolute atomic E-state index is 0.188. The van der Waals surface area contributed by atoms with Gasteiger partial charge in [0, 0.05) is 11.9 Å². The van der Waals surface area contributed by atoms with Crippen molar-refractivity contribution < 1.29 is 27.5 Å². The van der Waals surface area contributed by atoms with Gasteiger partial charge in [-0.25, -0.2) is 13.2 Å². The van der Waals surface area contributed by atoms with Crippen LogP contribution in [0.25, 0.3) is 10.2 Å². The van der Waals surface area contributed by atoms with Crippen LogP contribution < -0.4 is 10.1 Å². The molecule has 1 aromatic carbocycles. The topological polar surface area (TPSA) is 124 Å². The van der Waals surface area contributed by atoms with Crippen LogP contribution in [0.15, 0.2) is 23.2 Å². The number of amides is 2. The molecule has 9 nitrogen and oxygen atoms in total. The summed E-state index contributed by atoms with van der Waals surface area (Å²) in [5.74, 6) is -3.98. The van der Waals surface area contributed by atoms with Crippen LogP contribution in [-0.4, -0.2) is 48.9 Å². The molecule has 186 valence electrons. The van der Waals surface area contributed by atoms with E-state index in [1.54, 1.807) is 18.5 Å². The van der Waals surface area contributed by atoms with E-state index in [4.69, 9.17) is 4.74 Å². The molecule has 12 heteroatoms. The lowest BCUT2D eigenvalue weighted by atomic mass is 10.1. The highest BCUT2D eigenvalue weighted by atomic mass is 32.2.